The molecule has 1 aliphatic carbocycles. The van der Waals surface area contributed by atoms with E-state index in [2.05, 4.69) is 22.6 Å². The van der Waals surface area contributed by atoms with Gasteiger partial charge in [-0.05, 0) is 54.3 Å². The maximum Gasteiger partial charge on any atom is 0.250 e. The first kappa shape index (κ1) is 10.2. The third-order valence-electron chi connectivity index (χ3n) is 3.05. The number of rotatable bonds is 2. The molecule has 1 aromatic heterocycles. The molecular formula is C11H14INO. The van der Waals surface area contributed by atoms with E-state index in [0.717, 1.165) is 18.2 Å². The molecule has 1 saturated carbocycles. The van der Waals surface area contributed by atoms with Crippen molar-refractivity contribution in [1.82, 2.24) is 4.57 Å². The van der Waals surface area contributed by atoms with Crippen LogP contribution in [0.3, 0.4) is 0 Å². The molecule has 1 aliphatic rings. The number of aromatic nitrogens is 1. The molecule has 76 valence electrons. The lowest BCUT2D eigenvalue weighted by molar-refractivity contribution is 0.271. The van der Waals surface area contributed by atoms with Crippen molar-refractivity contribution >= 4 is 22.6 Å². The van der Waals surface area contributed by atoms with E-state index in [4.69, 9.17) is 0 Å². The molecule has 2 nitrogen and oxygen atoms in total. The van der Waals surface area contributed by atoms with Crippen LogP contribution in [0.5, 0.6) is 0 Å². The molecule has 3 heteroatoms. The molecule has 0 N–H and O–H groups in total. The highest BCUT2D eigenvalue weighted by Crippen LogP contribution is 2.27. The molecule has 0 atom stereocenters. The first-order valence-electron chi connectivity index (χ1n) is 5.04. The van der Waals surface area contributed by atoms with Gasteiger partial charge in [-0.25, -0.2) is 0 Å². The highest BCUT2D eigenvalue weighted by molar-refractivity contribution is 14.1. The summed E-state index contributed by atoms with van der Waals surface area (Å²) in [5.74, 6) is 0.740. The zero-order valence-corrected chi connectivity index (χ0v) is 10.5. The van der Waals surface area contributed by atoms with E-state index in [-0.39, 0.29) is 5.56 Å². The van der Waals surface area contributed by atoms with E-state index < -0.39 is 0 Å². The third-order valence-corrected chi connectivity index (χ3v) is 4.19. The fraction of sp³-hybridized carbons (Fsp3) is 0.545. The van der Waals surface area contributed by atoms with Crippen LogP contribution < -0.4 is 5.56 Å². The van der Waals surface area contributed by atoms with Gasteiger partial charge in [0.1, 0.15) is 0 Å². The quantitative estimate of drug-likeness (QED) is 0.770. The summed E-state index contributed by atoms with van der Waals surface area (Å²) < 4.78 is 3.10. The van der Waals surface area contributed by atoms with Gasteiger partial charge in [-0.1, -0.05) is 6.42 Å². The summed E-state index contributed by atoms with van der Waals surface area (Å²) >= 11 is 2.28. The van der Waals surface area contributed by atoms with Gasteiger partial charge in [0, 0.05) is 21.9 Å². The second kappa shape index (κ2) is 4.04. The molecular weight excluding hydrogens is 289 g/mol. The van der Waals surface area contributed by atoms with Crippen molar-refractivity contribution in [3.05, 3.63) is 31.8 Å². The zero-order valence-electron chi connectivity index (χ0n) is 8.29. The number of pyridine rings is 1. The molecule has 0 radical (unpaired) electrons. The predicted molar refractivity (Wildman–Crippen MR) is 65.5 cm³/mol. The Hall–Kier alpha value is -0.320. The molecule has 0 bridgehead atoms. The second-order valence-corrected chi connectivity index (χ2v) is 5.17. The smallest absolute Gasteiger partial charge is 0.250 e. The van der Waals surface area contributed by atoms with Crippen LogP contribution >= 0.6 is 22.6 Å². The normalized spacial score (nSPS) is 16.7. The SMILES string of the molecule is Cc1c(I)ccc(=O)n1CC1CCC1. The van der Waals surface area contributed by atoms with Gasteiger partial charge in [0.05, 0.1) is 0 Å². The Kier molecular flexibility index (Phi) is 2.95. The van der Waals surface area contributed by atoms with Crippen LogP contribution in [0.2, 0.25) is 0 Å². The fourth-order valence-corrected chi connectivity index (χ4v) is 2.28. The average molecular weight is 303 g/mol. The van der Waals surface area contributed by atoms with Gasteiger partial charge in [0.15, 0.2) is 0 Å². The topological polar surface area (TPSA) is 22.0 Å². The van der Waals surface area contributed by atoms with Gasteiger partial charge in [-0.2, -0.15) is 0 Å². The Bertz CT molecular complexity index is 393. The lowest BCUT2D eigenvalue weighted by Crippen LogP contribution is -2.28. The molecule has 14 heavy (non-hydrogen) atoms. The Morgan fingerprint density at radius 2 is 2.21 bits per heavy atom. The van der Waals surface area contributed by atoms with Crippen molar-refractivity contribution in [1.29, 1.82) is 0 Å². The third kappa shape index (κ3) is 1.87. The molecule has 0 amide bonds. The highest BCUT2D eigenvalue weighted by atomic mass is 127. The molecule has 0 saturated heterocycles. The van der Waals surface area contributed by atoms with Crippen molar-refractivity contribution in [2.75, 3.05) is 0 Å². The molecule has 1 fully saturated rings. The van der Waals surface area contributed by atoms with Gasteiger partial charge in [-0.15, -0.1) is 0 Å². The van der Waals surface area contributed by atoms with Gasteiger partial charge in [-0.3, -0.25) is 4.79 Å². The van der Waals surface area contributed by atoms with E-state index in [1.165, 1.54) is 22.8 Å². The summed E-state index contributed by atoms with van der Waals surface area (Å²) in [6, 6.07) is 3.57. The van der Waals surface area contributed by atoms with Crippen LogP contribution in [-0.2, 0) is 6.54 Å². The molecule has 0 aliphatic heterocycles. The van der Waals surface area contributed by atoms with Crippen LogP contribution in [0.4, 0.5) is 0 Å². The predicted octanol–water partition coefficient (Wildman–Crippen LogP) is 2.56. The number of hydrogen-bond donors (Lipinski definition) is 0. The summed E-state index contributed by atoms with van der Waals surface area (Å²) in [6.45, 7) is 2.95. The van der Waals surface area contributed by atoms with E-state index >= 15 is 0 Å². The van der Waals surface area contributed by atoms with Gasteiger partial charge in [0.25, 0.3) is 5.56 Å². The van der Waals surface area contributed by atoms with Crippen molar-refractivity contribution in [2.24, 2.45) is 5.92 Å². The molecule has 0 spiro atoms. The minimum absolute atomic E-state index is 0.148. The molecule has 2 rings (SSSR count). The van der Waals surface area contributed by atoms with E-state index in [9.17, 15) is 4.79 Å². The van der Waals surface area contributed by atoms with Crippen molar-refractivity contribution < 1.29 is 0 Å². The van der Waals surface area contributed by atoms with Crippen LogP contribution in [0.1, 0.15) is 25.0 Å². The summed E-state index contributed by atoms with van der Waals surface area (Å²) in [5, 5.41) is 0. The lowest BCUT2D eigenvalue weighted by atomic mass is 9.85. The standard InChI is InChI=1S/C11H14INO/c1-8-10(12)5-6-11(14)13(8)7-9-3-2-4-9/h5-6,9H,2-4,7H2,1H3. The number of hydrogen-bond acceptors (Lipinski definition) is 1. The Morgan fingerprint density at radius 1 is 1.50 bits per heavy atom. The summed E-state index contributed by atoms with van der Waals surface area (Å²) in [6.07, 6.45) is 3.91. The zero-order chi connectivity index (χ0) is 10.1. The summed E-state index contributed by atoms with van der Waals surface area (Å²) in [4.78, 5) is 11.6. The minimum Gasteiger partial charge on any atom is -0.312 e. The highest BCUT2D eigenvalue weighted by Gasteiger charge is 2.19. The Balaban J connectivity index is 2.30. The van der Waals surface area contributed by atoms with Gasteiger partial charge >= 0.3 is 0 Å². The van der Waals surface area contributed by atoms with Gasteiger partial charge in [0.2, 0.25) is 0 Å². The van der Waals surface area contributed by atoms with Crippen molar-refractivity contribution in [3.8, 4) is 0 Å². The van der Waals surface area contributed by atoms with Crippen molar-refractivity contribution in [2.45, 2.75) is 32.7 Å². The van der Waals surface area contributed by atoms with E-state index in [1.807, 2.05) is 17.6 Å². The first-order valence-corrected chi connectivity index (χ1v) is 6.12. The maximum atomic E-state index is 11.6. The lowest BCUT2D eigenvalue weighted by Gasteiger charge is -2.27. The Morgan fingerprint density at radius 3 is 2.79 bits per heavy atom. The van der Waals surface area contributed by atoms with Crippen LogP contribution in [0.15, 0.2) is 16.9 Å². The second-order valence-electron chi connectivity index (χ2n) is 4.01. The maximum absolute atomic E-state index is 11.6. The largest absolute Gasteiger partial charge is 0.312 e. The van der Waals surface area contributed by atoms with Crippen LogP contribution in [0.25, 0.3) is 0 Å². The molecule has 0 unspecified atom stereocenters. The number of nitrogens with zero attached hydrogens (tertiary/aromatic N) is 1. The fourth-order valence-electron chi connectivity index (χ4n) is 1.81. The number of halogens is 1. The van der Waals surface area contributed by atoms with E-state index in [0.29, 0.717) is 0 Å². The molecule has 1 aromatic rings. The van der Waals surface area contributed by atoms with Crippen molar-refractivity contribution in [3.63, 3.8) is 0 Å². The van der Waals surface area contributed by atoms with Gasteiger partial charge < -0.3 is 4.57 Å². The summed E-state index contributed by atoms with van der Waals surface area (Å²) in [5.41, 5.74) is 1.26. The minimum atomic E-state index is 0.148. The Labute approximate surface area is 97.5 Å². The molecule has 0 aromatic carbocycles. The van der Waals surface area contributed by atoms with E-state index in [1.54, 1.807) is 6.07 Å². The molecule has 1 heterocycles. The average Bonchev–Trinajstić information content (AvgIpc) is 2.09. The van der Waals surface area contributed by atoms with Crippen LogP contribution in [-0.4, -0.2) is 4.57 Å². The summed E-state index contributed by atoms with van der Waals surface area (Å²) in [7, 11) is 0. The monoisotopic (exact) mass is 303 g/mol. The van der Waals surface area contributed by atoms with Crippen LogP contribution in [0, 0.1) is 16.4 Å². The first-order chi connectivity index (χ1) is 6.68.